The Morgan fingerprint density at radius 2 is 1.67 bits per heavy atom. The Hall–Kier alpha value is -2.82. The minimum atomic E-state index is -0.834. The van der Waals surface area contributed by atoms with Crippen molar-refractivity contribution in [3.63, 3.8) is 0 Å². The van der Waals surface area contributed by atoms with E-state index < -0.39 is 11.9 Å². The van der Waals surface area contributed by atoms with Crippen LogP contribution in [-0.4, -0.2) is 35.0 Å². The molecule has 2 aromatic carbocycles. The number of carboxylic acid groups (broad SMARTS) is 1. The van der Waals surface area contributed by atoms with Crippen LogP contribution >= 0.6 is 0 Å². The molecule has 1 heterocycles. The van der Waals surface area contributed by atoms with Crippen LogP contribution in [0.1, 0.15) is 23.2 Å². The van der Waals surface area contributed by atoms with E-state index in [2.05, 4.69) is 0 Å². The summed E-state index contributed by atoms with van der Waals surface area (Å²) >= 11 is 0. The quantitative estimate of drug-likeness (QED) is 0.935. The Bertz CT molecular complexity index is 712. The summed E-state index contributed by atoms with van der Waals surface area (Å²) < 4.78 is 5.70. The Balaban J connectivity index is 1.66. The molecule has 1 aliphatic heterocycles. The lowest BCUT2D eigenvalue weighted by Crippen LogP contribution is -2.42. The van der Waals surface area contributed by atoms with Gasteiger partial charge in [-0.25, -0.2) is 0 Å². The van der Waals surface area contributed by atoms with Gasteiger partial charge in [-0.3, -0.25) is 9.59 Å². The Kier molecular flexibility index (Phi) is 4.79. The van der Waals surface area contributed by atoms with Crippen LogP contribution < -0.4 is 4.74 Å². The molecule has 124 valence electrons. The van der Waals surface area contributed by atoms with Crippen LogP contribution in [0.5, 0.6) is 11.5 Å². The van der Waals surface area contributed by atoms with Crippen LogP contribution in [-0.2, 0) is 4.79 Å². The number of likely N-dealkylation sites (tertiary alicyclic amines) is 1. The maximum atomic E-state index is 12.5. The zero-order valence-electron chi connectivity index (χ0n) is 13.2. The number of nitrogens with zero attached hydrogens (tertiary/aromatic N) is 1. The zero-order chi connectivity index (χ0) is 16.9. The first-order chi connectivity index (χ1) is 11.6. The Morgan fingerprint density at radius 3 is 2.33 bits per heavy atom. The third-order valence-corrected chi connectivity index (χ3v) is 4.14. The lowest BCUT2D eigenvalue weighted by Gasteiger charge is -2.30. The van der Waals surface area contributed by atoms with Crippen molar-refractivity contribution in [3.05, 3.63) is 60.2 Å². The van der Waals surface area contributed by atoms with Crippen molar-refractivity contribution in [2.45, 2.75) is 12.8 Å². The highest BCUT2D eigenvalue weighted by molar-refractivity contribution is 5.94. The van der Waals surface area contributed by atoms with Gasteiger partial charge >= 0.3 is 5.97 Å². The normalized spacial score (nSPS) is 17.3. The predicted molar refractivity (Wildman–Crippen MR) is 89.2 cm³/mol. The maximum Gasteiger partial charge on any atom is 0.308 e. The molecule has 1 amide bonds. The third-order valence-electron chi connectivity index (χ3n) is 4.14. The van der Waals surface area contributed by atoms with Crippen molar-refractivity contribution in [2.24, 2.45) is 5.92 Å². The number of benzene rings is 2. The van der Waals surface area contributed by atoms with Gasteiger partial charge in [0.2, 0.25) is 0 Å². The third kappa shape index (κ3) is 3.74. The van der Waals surface area contributed by atoms with Gasteiger partial charge in [-0.15, -0.1) is 0 Å². The molecule has 3 rings (SSSR count). The average Bonchev–Trinajstić information content (AvgIpc) is 2.63. The van der Waals surface area contributed by atoms with Gasteiger partial charge in [0.1, 0.15) is 11.5 Å². The van der Waals surface area contributed by atoms with E-state index >= 15 is 0 Å². The van der Waals surface area contributed by atoms with Crippen molar-refractivity contribution in [1.29, 1.82) is 0 Å². The molecule has 2 aromatic rings. The fraction of sp³-hybridized carbons (Fsp3) is 0.263. The second-order valence-electron chi connectivity index (χ2n) is 5.87. The summed E-state index contributed by atoms with van der Waals surface area (Å²) in [4.78, 5) is 25.3. The molecule has 5 nitrogen and oxygen atoms in total. The number of para-hydroxylation sites is 1. The van der Waals surface area contributed by atoms with E-state index in [0.29, 0.717) is 24.3 Å². The summed E-state index contributed by atoms with van der Waals surface area (Å²) in [5.74, 6) is -0.0496. The monoisotopic (exact) mass is 325 g/mol. The van der Waals surface area contributed by atoms with Crippen LogP contribution in [0.2, 0.25) is 0 Å². The summed E-state index contributed by atoms with van der Waals surface area (Å²) in [7, 11) is 0. The fourth-order valence-corrected chi connectivity index (χ4v) is 2.84. The van der Waals surface area contributed by atoms with E-state index in [1.54, 1.807) is 29.2 Å². The van der Waals surface area contributed by atoms with E-state index in [4.69, 9.17) is 9.84 Å². The molecule has 0 saturated carbocycles. The molecule has 1 saturated heterocycles. The molecule has 1 fully saturated rings. The van der Waals surface area contributed by atoms with Crippen LogP contribution in [0.3, 0.4) is 0 Å². The second-order valence-corrected chi connectivity index (χ2v) is 5.87. The van der Waals surface area contributed by atoms with Crippen LogP contribution in [0.25, 0.3) is 0 Å². The van der Waals surface area contributed by atoms with Crippen molar-refractivity contribution < 1.29 is 19.4 Å². The van der Waals surface area contributed by atoms with E-state index in [9.17, 15) is 9.59 Å². The molecule has 1 unspecified atom stereocenters. The lowest BCUT2D eigenvalue weighted by atomic mass is 9.97. The number of carbonyl (C=O) groups excluding carboxylic acids is 1. The van der Waals surface area contributed by atoms with Gasteiger partial charge in [0.25, 0.3) is 5.91 Å². The SMILES string of the molecule is O=C(O)C1CCCN(C(=O)c2ccc(Oc3ccccc3)cc2)C1. The molecule has 0 aliphatic carbocycles. The van der Waals surface area contributed by atoms with E-state index in [0.717, 1.165) is 12.2 Å². The second kappa shape index (κ2) is 7.17. The molecule has 1 aliphatic rings. The van der Waals surface area contributed by atoms with Gasteiger partial charge in [0.15, 0.2) is 0 Å². The van der Waals surface area contributed by atoms with Crippen LogP contribution in [0.4, 0.5) is 0 Å². The Morgan fingerprint density at radius 1 is 1.00 bits per heavy atom. The smallest absolute Gasteiger partial charge is 0.308 e. The zero-order valence-corrected chi connectivity index (χ0v) is 13.2. The first-order valence-electron chi connectivity index (χ1n) is 7.98. The molecule has 5 heteroatoms. The molecular weight excluding hydrogens is 306 g/mol. The lowest BCUT2D eigenvalue weighted by molar-refractivity contribution is -0.143. The van der Waals surface area contributed by atoms with E-state index in [-0.39, 0.29) is 12.5 Å². The summed E-state index contributed by atoms with van der Waals surface area (Å²) in [5.41, 5.74) is 0.543. The van der Waals surface area contributed by atoms with Crippen molar-refractivity contribution >= 4 is 11.9 Å². The largest absolute Gasteiger partial charge is 0.481 e. The summed E-state index contributed by atoms with van der Waals surface area (Å²) in [5, 5.41) is 9.13. The predicted octanol–water partition coefficient (Wildman–Crippen LogP) is 3.42. The molecule has 1 N–H and O–H groups in total. The molecule has 0 aromatic heterocycles. The number of ether oxygens (including phenoxy) is 1. The number of piperidine rings is 1. The van der Waals surface area contributed by atoms with Gasteiger partial charge < -0.3 is 14.7 Å². The van der Waals surface area contributed by atoms with Crippen LogP contribution in [0, 0.1) is 5.92 Å². The molecule has 0 radical (unpaired) electrons. The topological polar surface area (TPSA) is 66.8 Å². The van der Waals surface area contributed by atoms with E-state index in [1.807, 2.05) is 30.3 Å². The first-order valence-corrected chi connectivity index (χ1v) is 7.98. The van der Waals surface area contributed by atoms with Crippen molar-refractivity contribution in [2.75, 3.05) is 13.1 Å². The molecule has 24 heavy (non-hydrogen) atoms. The number of aliphatic carboxylic acids is 1. The highest BCUT2D eigenvalue weighted by atomic mass is 16.5. The summed E-state index contributed by atoms with van der Waals surface area (Å²) in [6, 6.07) is 16.3. The summed E-state index contributed by atoms with van der Waals surface area (Å²) in [6.07, 6.45) is 1.35. The van der Waals surface area contributed by atoms with Gasteiger partial charge in [-0.1, -0.05) is 18.2 Å². The number of carbonyl (C=O) groups is 2. The van der Waals surface area contributed by atoms with Gasteiger partial charge in [-0.05, 0) is 49.2 Å². The van der Waals surface area contributed by atoms with Gasteiger partial charge in [-0.2, -0.15) is 0 Å². The minimum absolute atomic E-state index is 0.132. The number of rotatable bonds is 4. The highest BCUT2D eigenvalue weighted by Crippen LogP contribution is 2.23. The maximum absolute atomic E-state index is 12.5. The van der Waals surface area contributed by atoms with Crippen molar-refractivity contribution in [3.8, 4) is 11.5 Å². The molecule has 0 bridgehead atoms. The van der Waals surface area contributed by atoms with E-state index in [1.165, 1.54) is 0 Å². The van der Waals surface area contributed by atoms with Crippen LogP contribution in [0.15, 0.2) is 54.6 Å². The number of carboxylic acids is 1. The minimum Gasteiger partial charge on any atom is -0.481 e. The molecular formula is C19H19NO4. The standard InChI is InChI=1S/C19H19NO4/c21-18(20-12-4-5-15(13-20)19(22)23)14-8-10-17(11-9-14)24-16-6-2-1-3-7-16/h1-3,6-11,15H,4-5,12-13H2,(H,22,23). The Labute approximate surface area is 140 Å². The van der Waals surface area contributed by atoms with Gasteiger partial charge in [0, 0.05) is 18.7 Å². The summed E-state index contributed by atoms with van der Waals surface area (Å²) in [6.45, 7) is 0.876. The number of hydrogen-bond acceptors (Lipinski definition) is 3. The molecule has 0 spiro atoms. The first kappa shape index (κ1) is 16.1. The van der Waals surface area contributed by atoms with Crippen molar-refractivity contribution in [1.82, 2.24) is 4.90 Å². The van der Waals surface area contributed by atoms with Gasteiger partial charge in [0.05, 0.1) is 5.92 Å². The average molecular weight is 325 g/mol. The fourth-order valence-electron chi connectivity index (χ4n) is 2.84. The molecule has 1 atom stereocenters. The number of amides is 1. The highest BCUT2D eigenvalue weighted by Gasteiger charge is 2.28. The number of hydrogen-bond donors (Lipinski definition) is 1.